The number of carbonyl (C=O) groups is 1. The first-order valence-corrected chi connectivity index (χ1v) is 12.4. The predicted octanol–water partition coefficient (Wildman–Crippen LogP) is 3.24. The highest BCUT2D eigenvalue weighted by Crippen LogP contribution is 2.71. The monoisotopic (exact) mass is 419 g/mol. The van der Waals surface area contributed by atoms with Gasteiger partial charge in [-0.15, -0.1) is 0 Å². The van der Waals surface area contributed by atoms with E-state index in [1.807, 2.05) is 0 Å². The van der Waals surface area contributed by atoms with Gasteiger partial charge in [0.25, 0.3) is 0 Å². The van der Waals surface area contributed by atoms with Crippen LogP contribution in [-0.2, 0) is 23.7 Å². The Hall–Kier alpha value is -0.690. The minimum atomic E-state index is -0.587. The first-order chi connectivity index (χ1) is 14.6. The van der Waals surface area contributed by atoms with Gasteiger partial charge < -0.3 is 24.3 Å². The first kappa shape index (κ1) is 20.0. The lowest BCUT2D eigenvalue weighted by Gasteiger charge is -2.64. The lowest BCUT2D eigenvalue weighted by atomic mass is 9.43. The summed E-state index contributed by atoms with van der Waals surface area (Å²) in [5, 5.41) is 3.29. The van der Waals surface area contributed by atoms with Crippen LogP contribution in [0.2, 0.25) is 0 Å². The third-order valence-electron chi connectivity index (χ3n) is 10.3. The summed E-state index contributed by atoms with van der Waals surface area (Å²) in [5.74, 6) is 1.63. The van der Waals surface area contributed by atoms with E-state index in [9.17, 15) is 4.79 Å². The zero-order valence-electron chi connectivity index (χ0n) is 18.3. The summed E-state index contributed by atoms with van der Waals surface area (Å²) < 4.78 is 25.7. The normalized spacial score (nSPS) is 55.1. The van der Waals surface area contributed by atoms with E-state index in [1.54, 1.807) is 0 Å². The molecule has 168 valence electrons. The Bertz CT molecular complexity index is 675. The summed E-state index contributed by atoms with van der Waals surface area (Å²) in [4.78, 5) is 11.7. The molecule has 0 aromatic rings. The molecule has 30 heavy (non-hydrogen) atoms. The predicted molar refractivity (Wildman–Crippen MR) is 109 cm³/mol. The highest BCUT2D eigenvalue weighted by atomic mass is 16.8. The molecule has 1 spiro atoms. The van der Waals surface area contributed by atoms with Crippen molar-refractivity contribution in [2.75, 3.05) is 26.4 Å². The molecule has 2 saturated heterocycles. The van der Waals surface area contributed by atoms with E-state index in [2.05, 4.69) is 12.2 Å². The van der Waals surface area contributed by atoms with Gasteiger partial charge >= 0.3 is 0 Å². The Balaban J connectivity index is 1.45. The summed E-state index contributed by atoms with van der Waals surface area (Å²) in [6.07, 6.45) is 11.3. The van der Waals surface area contributed by atoms with E-state index in [-0.39, 0.29) is 17.7 Å². The number of ether oxygens (including phenoxy) is 4. The average Bonchev–Trinajstić information content (AvgIpc) is 2.92. The Morgan fingerprint density at radius 3 is 2.43 bits per heavy atom. The van der Waals surface area contributed by atoms with Gasteiger partial charge in [0.15, 0.2) is 12.1 Å². The molecule has 6 aliphatic rings. The van der Waals surface area contributed by atoms with Gasteiger partial charge in [0, 0.05) is 12.5 Å². The number of carbonyl (C=O) groups excluding carboxylic acids is 1. The summed E-state index contributed by atoms with van der Waals surface area (Å²) >= 11 is 0. The Kier molecular flexibility index (Phi) is 4.76. The minimum absolute atomic E-state index is 0.242. The van der Waals surface area contributed by atoms with Crippen LogP contribution in [0.3, 0.4) is 0 Å². The van der Waals surface area contributed by atoms with Gasteiger partial charge in [-0.1, -0.05) is 19.8 Å². The van der Waals surface area contributed by atoms with Crippen LogP contribution >= 0.6 is 0 Å². The van der Waals surface area contributed by atoms with Crippen LogP contribution in [0.25, 0.3) is 0 Å². The fourth-order valence-corrected chi connectivity index (χ4v) is 9.26. The SMILES string of the molecule is C[C@]12CCCCC1C[C@@H](NC=O)[C@@H]1[C@@H]2CC[C@]23C4OCCOC2(CC[C@@H]13)OCCO4. The van der Waals surface area contributed by atoms with Crippen LogP contribution in [0.1, 0.15) is 64.7 Å². The van der Waals surface area contributed by atoms with Crippen molar-refractivity contribution in [2.24, 2.45) is 34.5 Å². The minimum Gasteiger partial charge on any atom is -0.356 e. The molecular weight excluding hydrogens is 382 g/mol. The quantitative estimate of drug-likeness (QED) is 0.696. The summed E-state index contributed by atoms with van der Waals surface area (Å²) in [6.45, 7) is 4.83. The van der Waals surface area contributed by atoms with E-state index < -0.39 is 5.79 Å². The van der Waals surface area contributed by atoms with Crippen molar-refractivity contribution in [1.29, 1.82) is 0 Å². The molecule has 1 unspecified atom stereocenters. The lowest BCUT2D eigenvalue weighted by molar-refractivity contribution is -0.320. The van der Waals surface area contributed by atoms with Crippen molar-refractivity contribution in [2.45, 2.75) is 82.8 Å². The van der Waals surface area contributed by atoms with Crippen LogP contribution in [0.15, 0.2) is 0 Å². The highest BCUT2D eigenvalue weighted by molar-refractivity contribution is 5.47. The number of hydrogen-bond donors (Lipinski definition) is 1. The fourth-order valence-electron chi connectivity index (χ4n) is 9.26. The number of amides is 1. The number of fused-ring (bicyclic) bond motifs is 4. The van der Waals surface area contributed by atoms with Gasteiger partial charge in [0.05, 0.1) is 31.8 Å². The molecule has 2 bridgehead atoms. The average molecular weight is 420 g/mol. The fraction of sp³-hybridized carbons (Fsp3) is 0.958. The van der Waals surface area contributed by atoms with Crippen molar-refractivity contribution in [3.05, 3.63) is 0 Å². The van der Waals surface area contributed by atoms with Crippen molar-refractivity contribution in [3.8, 4) is 0 Å². The van der Waals surface area contributed by atoms with Gasteiger partial charge in [-0.25, -0.2) is 0 Å². The van der Waals surface area contributed by atoms with Crippen molar-refractivity contribution in [3.63, 3.8) is 0 Å². The van der Waals surface area contributed by atoms with E-state index in [4.69, 9.17) is 18.9 Å². The van der Waals surface area contributed by atoms with Gasteiger partial charge in [-0.2, -0.15) is 0 Å². The number of rotatable bonds is 2. The van der Waals surface area contributed by atoms with Crippen LogP contribution in [0.4, 0.5) is 0 Å². The standard InChI is InChI=1S/C24H37NO5/c1-22-7-3-2-4-16(22)14-19(25-15-26)20-17(22)5-8-23-18(20)6-9-24(23)29-12-10-27-21(23)28-11-13-30-24/h15-21H,2-14H2,1H3,(H,25,26)/t16?,17-,18-,19+,20+,21?,22-,23-,24?/m0/s1. The van der Waals surface area contributed by atoms with Crippen LogP contribution in [0, 0.1) is 34.5 Å². The molecule has 1 N–H and O–H groups in total. The maximum absolute atomic E-state index is 11.7. The van der Waals surface area contributed by atoms with E-state index in [0.29, 0.717) is 49.6 Å². The molecule has 7 atom stereocenters. The molecular formula is C24H37NO5. The summed E-state index contributed by atoms with van der Waals surface area (Å²) in [6, 6.07) is 0.242. The Morgan fingerprint density at radius 2 is 1.67 bits per heavy atom. The van der Waals surface area contributed by atoms with Gasteiger partial charge in [-0.3, -0.25) is 4.79 Å². The Labute approximate surface area is 179 Å². The van der Waals surface area contributed by atoms with Crippen LogP contribution < -0.4 is 5.32 Å². The second kappa shape index (κ2) is 7.16. The third-order valence-corrected chi connectivity index (χ3v) is 10.3. The summed E-state index contributed by atoms with van der Waals surface area (Å²) in [7, 11) is 0. The molecule has 6 heteroatoms. The van der Waals surface area contributed by atoms with Gasteiger partial charge in [0.2, 0.25) is 6.41 Å². The van der Waals surface area contributed by atoms with Gasteiger partial charge in [-0.05, 0) is 67.6 Å². The number of hydrogen-bond acceptors (Lipinski definition) is 5. The molecule has 0 radical (unpaired) electrons. The summed E-state index contributed by atoms with van der Waals surface area (Å²) in [5.41, 5.74) is 0.127. The Morgan fingerprint density at radius 1 is 0.900 bits per heavy atom. The highest BCUT2D eigenvalue weighted by Gasteiger charge is 2.74. The smallest absolute Gasteiger partial charge is 0.207 e. The van der Waals surface area contributed by atoms with Crippen LogP contribution in [0.5, 0.6) is 0 Å². The first-order valence-electron chi connectivity index (χ1n) is 12.4. The molecule has 6 fully saturated rings. The van der Waals surface area contributed by atoms with Crippen molar-refractivity contribution < 1.29 is 23.7 Å². The zero-order valence-corrected chi connectivity index (χ0v) is 18.3. The molecule has 6 nitrogen and oxygen atoms in total. The molecule has 1 amide bonds. The van der Waals surface area contributed by atoms with Gasteiger partial charge in [0.1, 0.15) is 0 Å². The molecule has 0 aromatic carbocycles. The van der Waals surface area contributed by atoms with E-state index in [0.717, 1.165) is 44.4 Å². The zero-order chi connectivity index (χ0) is 20.4. The topological polar surface area (TPSA) is 66.0 Å². The van der Waals surface area contributed by atoms with E-state index >= 15 is 0 Å². The number of nitrogens with one attached hydrogen (secondary N) is 1. The van der Waals surface area contributed by atoms with Crippen molar-refractivity contribution in [1.82, 2.24) is 5.32 Å². The maximum atomic E-state index is 11.7. The largest absolute Gasteiger partial charge is 0.356 e. The van der Waals surface area contributed by atoms with Crippen molar-refractivity contribution >= 4 is 6.41 Å². The van der Waals surface area contributed by atoms with E-state index in [1.165, 1.54) is 25.7 Å². The molecule has 2 heterocycles. The van der Waals surface area contributed by atoms with Crippen LogP contribution in [-0.4, -0.2) is 51.0 Å². The molecule has 4 saturated carbocycles. The maximum Gasteiger partial charge on any atom is 0.207 e. The second-order valence-corrected chi connectivity index (χ2v) is 11.0. The lowest BCUT2D eigenvalue weighted by Crippen LogP contribution is -2.66. The third kappa shape index (κ3) is 2.48. The molecule has 6 rings (SSSR count). The molecule has 4 aliphatic carbocycles. The molecule has 0 aromatic heterocycles. The molecule has 2 aliphatic heterocycles. The second-order valence-electron chi connectivity index (χ2n) is 11.0.